The highest BCUT2D eigenvalue weighted by Gasteiger charge is 2.15. The Bertz CT molecular complexity index is 736. The van der Waals surface area contributed by atoms with Crippen molar-refractivity contribution in [3.63, 3.8) is 0 Å². The molecule has 1 saturated heterocycles. The van der Waals surface area contributed by atoms with Gasteiger partial charge in [-0.25, -0.2) is 0 Å². The fourth-order valence-electron chi connectivity index (χ4n) is 3.47. The molecule has 1 fully saturated rings. The summed E-state index contributed by atoms with van der Waals surface area (Å²) in [5.41, 5.74) is 1.83. The Kier molecular flexibility index (Phi) is 9.98. The third-order valence-electron chi connectivity index (χ3n) is 5.22. The summed E-state index contributed by atoms with van der Waals surface area (Å²) in [5, 5.41) is 16.6. The predicted octanol–water partition coefficient (Wildman–Crippen LogP) is 3.62. The van der Waals surface area contributed by atoms with Crippen molar-refractivity contribution in [1.82, 2.24) is 10.6 Å². The molecule has 2 aromatic rings. The van der Waals surface area contributed by atoms with Crippen LogP contribution in [0.2, 0.25) is 0 Å². The van der Waals surface area contributed by atoms with Gasteiger partial charge in [0, 0.05) is 13.0 Å². The maximum Gasteiger partial charge on any atom is 0.220 e. The molecule has 5 nitrogen and oxygen atoms in total. The van der Waals surface area contributed by atoms with Gasteiger partial charge in [-0.05, 0) is 61.5 Å². The second-order valence-electron chi connectivity index (χ2n) is 7.40. The fraction of sp³-hybridized carbons (Fsp3) is 0.435. The molecule has 1 unspecified atom stereocenters. The summed E-state index contributed by atoms with van der Waals surface area (Å²) in [6.07, 6.45) is 2.99. The zero-order chi connectivity index (χ0) is 19.6. The number of ether oxygens (including phenoxy) is 1. The molecule has 158 valence electrons. The molecule has 1 amide bonds. The van der Waals surface area contributed by atoms with Crippen LogP contribution < -0.4 is 15.4 Å². The highest BCUT2D eigenvalue weighted by atomic mass is 35.5. The van der Waals surface area contributed by atoms with Gasteiger partial charge >= 0.3 is 0 Å². The van der Waals surface area contributed by atoms with Crippen LogP contribution >= 0.6 is 12.4 Å². The standard InChI is InChI=1S/C23H30N2O3.ClH/c26-22(16-25-23(27)10-9-18-11-13-24-14-12-18)20-7-4-8-21(15-20)28-17-19-5-2-1-3-6-19;/h1-8,15,18,22,24,26H,9-14,16-17H2,(H,25,27);1H. The predicted molar refractivity (Wildman–Crippen MR) is 117 cm³/mol. The second kappa shape index (κ2) is 12.5. The summed E-state index contributed by atoms with van der Waals surface area (Å²) in [4.78, 5) is 12.1. The number of benzene rings is 2. The van der Waals surface area contributed by atoms with Gasteiger partial charge < -0.3 is 20.5 Å². The largest absolute Gasteiger partial charge is 0.489 e. The second-order valence-corrected chi connectivity index (χ2v) is 7.40. The molecule has 1 atom stereocenters. The molecule has 1 aliphatic rings. The third-order valence-corrected chi connectivity index (χ3v) is 5.22. The van der Waals surface area contributed by atoms with Crippen LogP contribution in [-0.2, 0) is 11.4 Å². The molecule has 6 heteroatoms. The lowest BCUT2D eigenvalue weighted by molar-refractivity contribution is -0.121. The molecule has 0 aromatic heterocycles. The van der Waals surface area contributed by atoms with Crippen LogP contribution in [-0.4, -0.2) is 30.6 Å². The van der Waals surface area contributed by atoms with Crippen LogP contribution in [0, 0.1) is 5.92 Å². The van der Waals surface area contributed by atoms with Crippen molar-refractivity contribution in [3.05, 3.63) is 65.7 Å². The topological polar surface area (TPSA) is 70.6 Å². The van der Waals surface area contributed by atoms with Crippen molar-refractivity contribution in [2.75, 3.05) is 19.6 Å². The zero-order valence-corrected chi connectivity index (χ0v) is 17.5. The molecule has 2 aromatic carbocycles. The Balaban J connectivity index is 0.00000300. The number of amides is 1. The SMILES string of the molecule is Cl.O=C(CCC1CCNCC1)NCC(O)c1cccc(OCc2ccccc2)c1. The van der Waals surface area contributed by atoms with Crippen LogP contribution in [0.15, 0.2) is 54.6 Å². The summed E-state index contributed by atoms with van der Waals surface area (Å²) in [6, 6.07) is 17.4. The van der Waals surface area contributed by atoms with Gasteiger partial charge in [0.05, 0.1) is 6.10 Å². The molecule has 0 radical (unpaired) electrons. The lowest BCUT2D eigenvalue weighted by atomic mass is 9.93. The van der Waals surface area contributed by atoms with E-state index in [-0.39, 0.29) is 24.9 Å². The van der Waals surface area contributed by atoms with E-state index in [1.807, 2.05) is 54.6 Å². The maximum atomic E-state index is 12.1. The van der Waals surface area contributed by atoms with E-state index in [9.17, 15) is 9.90 Å². The minimum Gasteiger partial charge on any atom is -0.489 e. The van der Waals surface area contributed by atoms with Crippen molar-refractivity contribution >= 4 is 18.3 Å². The van der Waals surface area contributed by atoms with Gasteiger partial charge in [-0.15, -0.1) is 12.4 Å². The maximum absolute atomic E-state index is 12.1. The number of hydrogen-bond acceptors (Lipinski definition) is 4. The minimum atomic E-state index is -0.747. The van der Waals surface area contributed by atoms with Crippen molar-refractivity contribution in [2.45, 2.75) is 38.4 Å². The van der Waals surface area contributed by atoms with Crippen LogP contribution in [0.4, 0.5) is 0 Å². The molecule has 3 N–H and O–H groups in total. The van der Waals surface area contributed by atoms with Gasteiger partial charge in [-0.3, -0.25) is 4.79 Å². The average molecular weight is 419 g/mol. The van der Waals surface area contributed by atoms with E-state index < -0.39 is 6.10 Å². The Morgan fingerprint density at radius 2 is 1.90 bits per heavy atom. The molecule has 3 rings (SSSR count). The molecule has 0 aliphatic carbocycles. The first kappa shape index (κ1) is 23.2. The Morgan fingerprint density at radius 1 is 1.14 bits per heavy atom. The number of rotatable bonds is 9. The van der Waals surface area contributed by atoms with Gasteiger partial charge in [0.2, 0.25) is 5.91 Å². The van der Waals surface area contributed by atoms with E-state index in [1.165, 1.54) is 0 Å². The zero-order valence-electron chi connectivity index (χ0n) is 16.7. The molecular weight excluding hydrogens is 388 g/mol. The van der Waals surface area contributed by atoms with E-state index >= 15 is 0 Å². The molecule has 29 heavy (non-hydrogen) atoms. The Hall–Kier alpha value is -2.08. The first-order valence-corrected chi connectivity index (χ1v) is 10.1. The van der Waals surface area contributed by atoms with Gasteiger partial charge in [0.1, 0.15) is 12.4 Å². The van der Waals surface area contributed by atoms with Crippen molar-refractivity contribution in [3.8, 4) is 5.75 Å². The minimum absolute atomic E-state index is 0. The van der Waals surface area contributed by atoms with E-state index in [2.05, 4.69) is 10.6 Å². The summed E-state index contributed by atoms with van der Waals surface area (Å²) >= 11 is 0. The highest BCUT2D eigenvalue weighted by Crippen LogP contribution is 2.21. The van der Waals surface area contributed by atoms with E-state index in [0.29, 0.717) is 24.7 Å². The van der Waals surface area contributed by atoms with Gasteiger partial charge in [0.25, 0.3) is 0 Å². The number of carbonyl (C=O) groups excluding carboxylic acids is 1. The quantitative estimate of drug-likeness (QED) is 0.581. The number of nitrogens with one attached hydrogen (secondary N) is 2. The lowest BCUT2D eigenvalue weighted by Crippen LogP contribution is -2.31. The van der Waals surface area contributed by atoms with E-state index in [4.69, 9.17) is 4.74 Å². The Labute approximate surface area is 179 Å². The molecule has 0 saturated carbocycles. The molecule has 1 heterocycles. The summed E-state index contributed by atoms with van der Waals surface area (Å²) in [6.45, 7) is 2.79. The summed E-state index contributed by atoms with van der Waals surface area (Å²) < 4.78 is 5.81. The van der Waals surface area contributed by atoms with Crippen LogP contribution in [0.25, 0.3) is 0 Å². The number of hydrogen-bond donors (Lipinski definition) is 3. The monoisotopic (exact) mass is 418 g/mol. The first-order valence-electron chi connectivity index (χ1n) is 10.1. The number of aliphatic hydroxyl groups is 1. The van der Waals surface area contributed by atoms with Crippen molar-refractivity contribution in [1.29, 1.82) is 0 Å². The van der Waals surface area contributed by atoms with Gasteiger partial charge in [-0.1, -0.05) is 42.5 Å². The van der Waals surface area contributed by atoms with Crippen LogP contribution in [0.1, 0.15) is 42.9 Å². The molecule has 1 aliphatic heterocycles. The number of piperidine rings is 1. The van der Waals surface area contributed by atoms with E-state index in [0.717, 1.165) is 43.5 Å². The normalized spacial score (nSPS) is 15.2. The van der Waals surface area contributed by atoms with Crippen LogP contribution in [0.3, 0.4) is 0 Å². The van der Waals surface area contributed by atoms with Gasteiger partial charge in [-0.2, -0.15) is 0 Å². The van der Waals surface area contributed by atoms with Crippen LogP contribution in [0.5, 0.6) is 5.75 Å². The number of carbonyl (C=O) groups is 1. The van der Waals surface area contributed by atoms with Gasteiger partial charge in [0.15, 0.2) is 0 Å². The third kappa shape index (κ3) is 8.05. The van der Waals surface area contributed by atoms with Crippen molar-refractivity contribution in [2.24, 2.45) is 5.92 Å². The average Bonchev–Trinajstić information content (AvgIpc) is 2.76. The number of aliphatic hydroxyl groups excluding tert-OH is 1. The number of halogens is 1. The summed E-state index contributed by atoms with van der Waals surface area (Å²) in [7, 11) is 0. The molecular formula is C23H31ClN2O3. The molecule has 0 bridgehead atoms. The Morgan fingerprint density at radius 3 is 2.66 bits per heavy atom. The first-order chi connectivity index (χ1) is 13.7. The smallest absolute Gasteiger partial charge is 0.220 e. The lowest BCUT2D eigenvalue weighted by Gasteiger charge is -2.22. The molecule has 0 spiro atoms. The van der Waals surface area contributed by atoms with E-state index in [1.54, 1.807) is 0 Å². The fourth-order valence-corrected chi connectivity index (χ4v) is 3.47. The summed E-state index contributed by atoms with van der Waals surface area (Å²) in [5.74, 6) is 1.35. The highest BCUT2D eigenvalue weighted by molar-refractivity contribution is 5.85. The van der Waals surface area contributed by atoms with Crippen molar-refractivity contribution < 1.29 is 14.6 Å².